The van der Waals surface area contributed by atoms with Crippen molar-refractivity contribution in [2.75, 3.05) is 0 Å². The molecule has 0 saturated heterocycles. The van der Waals surface area contributed by atoms with Gasteiger partial charge < -0.3 is 10.7 Å². The first kappa shape index (κ1) is 11.1. The van der Waals surface area contributed by atoms with E-state index in [1.54, 1.807) is 12.7 Å². The van der Waals surface area contributed by atoms with E-state index in [0.717, 1.165) is 24.2 Å². The Morgan fingerprint density at radius 3 is 3.00 bits per heavy atom. The molecular formula is C11H15N7. The number of hydrogen-bond acceptors (Lipinski definition) is 5. The normalized spacial score (nSPS) is 15.3. The molecule has 94 valence electrons. The van der Waals surface area contributed by atoms with Crippen molar-refractivity contribution >= 4 is 16.8 Å². The van der Waals surface area contributed by atoms with E-state index in [2.05, 4.69) is 32.1 Å². The van der Waals surface area contributed by atoms with Crippen molar-refractivity contribution in [2.24, 2.45) is 5.73 Å². The number of H-pyrrole nitrogens is 1. The maximum atomic E-state index is 6.30. The number of nitrogens with two attached hydrogens (primary N) is 1. The fraction of sp³-hybridized carbons (Fsp3) is 0.455. The van der Waals surface area contributed by atoms with Crippen LogP contribution in [0.2, 0.25) is 0 Å². The minimum Gasteiger partial charge on any atom is -0.340 e. The van der Waals surface area contributed by atoms with Crippen molar-refractivity contribution in [1.29, 1.82) is 0 Å². The first-order valence-electron chi connectivity index (χ1n) is 5.95. The van der Waals surface area contributed by atoms with Crippen LogP contribution in [0, 0.1) is 0 Å². The van der Waals surface area contributed by atoms with Gasteiger partial charge in [-0.05, 0) is 13.3 Å². The molecule has 0 radical (unpaired) electrons. The lowest BCUT2D eigenvalue weighted by Gasteiger charge is -2.21. The second-order valence-corrected chi connectivity index (χ2v) is 4.73. The Bertz CT molecular complexity index is 694. The summed E-state index contributed by atoms with van der Waals surface area (Å²) in [6.07, 6.45) is 5.10. The van der Waals surface area contributed by atoms with Crippen molar-refractivity contribution in [3.63, 3.8) is 0 Å². The molecular weight excluding hydrogens is 230 g/mol. The maximum absolute atomic E-state index is 6.30. The molecule has 3 N–H and O–H groups in total. The molecule has 0 aliphatic carbocycles. The van der Waals surface area contributed by atoms with Crippen LogP contribution < -0.4 is 5.73 Å². The van der Waals surface area contributed by atoms with Crippen LogP contribution in [0.25, 0.3) is 16.8 Å². The lowest BCUT2D eigenvalue weighted by molar-refractivity contribution is 0.415. The molecule has 3 heterocycles. The van der Waals surface area contributed by atoms with Crippen LogP contribution in [0.5, 0.6) is 0 Å². The van der Waals surface area contributed by atoms with Gasteiger partial charge >= 0.3 is 0 Å². The lowest BCUT2D eigenvalue weighted by Crippen LogP contribution is -2.35. The third-order valence-corrected chi connectivity index (χ3v) is 3.11. The van der Waals surface area contributed by atoms with E-state index in [1.807, 2.05) is 11.3 Å². The number of hydrogen-bond donors (Lipinski definition) is 2. The number of aromatic nitrogens is 6. The summed E-state index contributed by atoms with van der Waals surface area (Å²) in [5.74, 6) is 0.725. The Balaban J connectivity index is 2.26. The predicted octanol–water partition coefficient (Wildman–Crippen LogP) is 0.975. The SMILES string of the molecule is CCCC(C)(N)c1nnc2c3[nH]cnc3ncn12. The van der Waals surface area contributed by atoms with Crippen LogP contribution in [0.15, 0.2) is 12.7 Å². The van der Waals surface area contributed by atoms with E-state index < -0.39 is 5.54 Å². The predicted molar refractivity (Wildman–Crippen MR) is 66.9 cm³/mol. The summed E-state index contributed by atoms with van der Waals surface area (Å²) in [5, 5.41) is 8.40. The van der Waals surface area contributed by atoms with E-state index in [4.69, 9.17) is 5.73 Å². The van der Waals surface area contributed by atoms with Crippen LogP contribution in [0.4, 0.5) is 0 Å². The van der Waals surface area contributed by atoms with Gasteiger partial charge in [0, 0.05) is 0 Å². The molecule has 3 rings (SSSR count). The Hall–Kier alpha value is -2.02. The lowest BCUT2D eigenvalue weighted by atomic mass is 9.97. The van der Waals surface area contributed by atoms with Gasteiger partial charge in [-0.1, -0.05) is 13.3 Å². The highest BCUT2D eigenvalue weighted by atomic mass is 15.3. The first-order valence-corrected chi connectivity index (χ1v) is 5.95. The Labute approximate surface area is 103 Å². The highest BCUT2D eigenvalue weighted by molar-refractivity contribution is 5.84. The quantitative estimate of drug-likeness (QED) is 0.716. The first-order chi connectivity index (χ1) is 8.63. The molecule has 0 saturated carbocycles. The molecule has 0 aliphatic heterocycles. The van der Waals surface area contributed by atoms with Crippen LogP contribution in [-0.2, 0) is 5.54 Å². The minimum atomic E-state index is -0.510. The van der Waals surface area contributed by atoms with Crippen LogP contribution in [0.1, 0.15) is 32.5 Å². The van der Waals surface area contributed by atoms with Gasteiger partial charge in [0.2, 0.25) is 0 Å². The van der Waals surface area contributed by atoms with Gasteiger partial charge in [-0.25, -0.2) is 9.97 Å². The molecule has 18 heavy (non-hydrogen) atoms. The van der Waals surface area contributed by atoms with Gasteiger partial charge in [-0.2, -0.15) is 0 Å². The average Bonchev–Trinajstić information content (AvgIpc) is 2.94. The van der Waals surface area contributed by atoms with Gasteiger partial charge in [0.05, 0.1) is 11.9 Å². The highest BCUT2D eigenvalue weighted by Gasteiger charge is 2.27. The highest BCUT2D eigenvalue weighted by Crippen LogP contribution is 2.23. The smallest absolute Gasteiger partial charge is 0.189 e. The Morgan fingerprint density at radius 1 is 1.39 bits per heavy atom. The second-order valence-electron chi connectivity index (χ2n) is 4.73. The molecule has 1 unspecified atom stereocenters. The zero-order valence-corrected chi connectivity index (χ0v) is 10.4. The molecule has 0 fully saturated rings. The molecule has 3 aromatic heterocycles. The number of fused-ring (bicyclic) bond motifs is 3. The Kier molecular flexibility index (Phi) is 2.30. The van der Waals surface area contributed by atoms with E-state index in [9.17, 15) is 0 Å². The summed E-state index contributed by atoms with van der Waals surface area (Å²) in [7, 11) is 0. The Morgan fingerprint density at radius 2 is 2.22 bits per heavy atom. The molecule has 1 atom stereocenters. The van der Waals surface area contributed by atoms with Crippen molar-refractivity contribution in [2.45, 2.75) is 32.2 Å². The number of rotatable bonds is 3. The monoisotopic (exact) mass is 245 g/mol. The third kappa shape index (κ3) is 1.47. The summed E-state index contributed by atoms with van der Waals surface area (Å²) in [6.45, 7) is 4.06. The minimum absolute atomic E-state index is 0.510. The molecule has 0 amide bonds. The van der Waals surface area contributed by atoms with E-state index in [-0.39, 0.29) is 0 Å². The fourth-order valence-corrected chi connectivity index (χ4v) is 2.25. The summed E-state index contributed by atoms with van der Waals surface area (Å²) in [6, 6.07) is 0. The molecule has 0 spiro atoms. The third-order valence-electron chi connectivity index (χ3n) is 3.11. The van der Waals surface area contributed by atoms with E-state index in [1.165, 1.54) is 0 Å². The number of nitrogens with zero attached hydrogens (tertiary/aromatic N) is 5. The van der Waals surface area contributed by atoms with Crippen LogP contribution >= 0.6 is 0 Å². The zero-order chi connectivity index (χ0) is 12.8. The molecule has 0 bridgehead atoms. The number of aromatic amines is 1. The summed E-state index contributed by atoms with van der Waals surface area (Å²) < 4.78 is 1.83. The van der Waals surface area contributed by atoms with E-state index in [0.29, 0.717) is 11.3 Å². The summed E-state index contributed by atoms with van der Waals surface area (Å²) >= 11 is 0. The zero-order valence-electron chi connectivity index (χ0n) is 10.4. The van der Waals surface area contributed by atoms with E-state index >= 15 is 0 Å². The number of nitrogens with one attached hydrogen (secondary N) is 1. The maximum Gasteiger partial charge on any atom is 0.189 e. The molecule has 7 heteroatoms. The van der Waals surface area contributed by atoms with Gasteiger partial charge in [-0.3, -0.25) is 4.40 Å². The van der Waals surface area contributed by atoms with Crippen molar-refractivity contribution in [3.8, 4) is 0 Å². The topological polar surface area (TPSA) is 97.8 Å². The van der Waals surface area contributed by atoms with Crippen molar-refractivity contribution in [3.05, 3.63) is 18.5 Å². The van der Waals surface area contributed by atoms with Gasteiger partial charge in [0.25, 0.3) is 0 Å². The molecule has 0 aliphatic rings. The van der Waals surface area contributed by atoms with Crippen molar-refractivity contribution < 1.29 is 0 Å². The summed E-state index contributed by atoms with van der Waals surface area (Å²) in [4.78, 5) is 11.4. The van der Waals surface area contributed by atoms with Crippen molar-refractivity contribution in [1.82, 2.24) is 29.5 Å². The summed E-state index contributed by atoms with van der Waals surface area (Å²) in [5.41, 5.74) is 7.92. The average molecular weight is 245 g/mol. The van der Waals surface area contributed by atoms with Gasteiger partial charge in [0.1, 0.15) is 11.8 Å². The van der Waals surface area contributed by atoms with Gasteiger partial charge in [-0.15, -0.1) is 10.2 Å². The molecule has 7 nitrogen and oxygen atoms in total. The van der Waals surface area contributed by atoms with Gasteiger partial charge in [0.15, 0.2) is 17.1 Å². The second kappa shape index (κ2) is 3.74. The standard InChI is InChI=1S/C11H15N7/c1-3-4-11(2,12)10-17-16-9-7-8(14-5-13-7)15-6-18(9)10/h5-6H,3-4,12H2,1-2H3,(H,13,14). The largest absolute Gasteiger partial charge is 0.340 e. The fourth-order valence-electron chi connectivity index (χ4n) is 2.25. The molecule has 3 aromatic rings. The number of imidazole rings is 1. The molecule has 0 aromatic carbocycles. The van der Waals surface area contributed by atoms with Crippen LogP contribution in [0.3, 0.4) is 0 Å². The van der Waals surface area contributed by atoms with Crippen LogP contribution in [-0.4, -0.2) is 29.5 Å².